The van der Waals surface area contributed by atoms with Gasteiger partial charge >= 0.3 is 0 Å². The standard InChI is InChI=1S/C22H25FN4O2/c1-3-19(28)26-11-4-5-18(26)21-24-14(2)17-13-20(29)27(22(17)25-21)12-10-15-6-8-16(23)9-7-15/h6-9,18H,3-5,10-13H2,1-2H3/t18-/m0/s1. The van der Waals surface area contributed by atoms with Gasteiger partial charge in [-0.1, -0.05) is 19.1 Å². The number of benzene rings is 1. The highest BCUT2D eigenvalue weighted by Crippen LogP contribution is 2.35. The van der Waals surface area contributed by atoms with Gasteiger partial charge in [-0.05, 0) is 43.9 Å². The number of hydrogen-bond acceptors (Lipinski definition) is 4. The Morgan fingerprint density at radius 1 is 1.24 bits per heavy atom. The van der Waals surface area contributed by atoms with Crippen LogP contribution < -0.4 is 4.90 Å². The molecular weight excluding hydrogens is 371 g/mol. The number of fused-ring (bicyclic) bond motifs is 1. The van der Waals surface area contributed by atoms with E-state index in [1.807, 2.05) is 18.7 Å². The molecule has 6 nitrogen and oxygen atoms in total. The molecule has 1 saturated heterocycles. The highest BCUT2D eigenvalue weighted by Gasteiger charge is 2.35. The average molecular weight is 396 g/mol. The molecule has 29 heavy (non-hydrogen) atoms. The molecule has 0 unspecified atom stereocenters. The van der Waals surface area contributed by atoms with Gasteiger partial charge in [-0.2, -0.15) is 0 Å². The summed E-state index contributed by atoms with van der Waals surface area (Å²) in [7, 11) is 0. The zero-order valence-corrected chi connectivity index (χ0v) is 16.8. The van der Waals surface area contributed by atoms with E-state index >= 15 is 0 Å². The van der Waals surface area contributed by atoms with Crippen LogP contribution in [0.25, 0.3) is 0 Å². The van der Waals surface area contributed by atoms with Crippen LogP contribution in [0.3, 0.4) is 0 Å². The van der Waals surface area contributed by atoms with E-state index in [4.69, 9.17) is 4.98 Å². The second-order valence-corrected chi connectivity index (χ2v) is 7.67. The second-order valence-electron chi connectivity index (χ2n) is 7.67. The van der Waals surface area contributed by atoms with Crippen LogP contribution in [0.15, 0.2) is 24.3 Å². The summed E-state index contributed by atoms with van der Waals surface area (Å²) in [4.78, 5) is 37.9. The van der Waals surface area contributed by atoms with Gasteiger partial charge < -0.3 is 4.90 Å². The van der Waals surface area contributed by atoms with Crippen molar-refractivity contribution in [3.63, 3.8) is 0 Å². The van der Waals surface area contributed by atoms with E-state index in [2.05, 4.69) is 4.98 Å². The van der Waals surface area contributed by atoms with Gasteiger partial charge in [0.15, 0.2) is 5.82 Å². The highest BCUT2D eigenvalue weighted by atomic mass is 19.1. The van der Waals surface area contributed by atoms with Crippen molar-refractivity contribution in [2.24, 2.45) is 0 Å². The molecule has 7 heteroatoms. The molecule has 2 aromatic rings. The zero-order valence-electron chi connectivity index (χ0n) is 16.8. The fraction of sp³-hybridized carbons (Fsp3) is 0.455. The summed E-state index contributed by atoms with van der Waals surface area (Å²) in [6, 6.07) is 6.21. The van der Waals surface area contributed by atoms with Crippen molar-refractivity contribution in [2.45, 2.75) is 52.0 Å². The maximum atomic E-state index is 13.1. The molecule has 1 fully saturated rings. The highest BCUT2D eigenvalue weighted by molar-refractivity contribution is 6.00. The molecule has 1 aromatic carbocycles. The first-order chi connectivity index (χ1) is 14.0. The molecule has 4 rings (SSSR count). The van der Waals surface area contributed by atoms with Crippen molar-refractivity contribution in [2.75, 3.05) is 18.0 Å². The Labute approximate surface area is 169 Å². The van der Waals surface area contributed by atoms with Gasteiger partial charge in [-0.15, -0.1) is 0 Å². The Balaban J connectivity index is 1.60. The molecule has 0 N–H and O–H groups in total. The number of aryl methyl sites for hydroxylation is 1. The van der Waals surface area contributed by atoms with Crippen LogP contribution >= 0.6 is 0 Å². The lowest BCUT2D eigenvalue weighted by Gasteiger charge is -2.24. The van der Waals surface area contributed by atoms with Crippen LogP contribution in [-0.4, -0.2) is 39.8 Å². The van der Waals surface area contributed by atoms with E-state index in [-0.39, 0.29) is 23.7 Å². The van der Waals surface area contributed by atoms with Crippen LogP contribution in [0, 0.1) is 12.7 Å². The maximum Gasteiger partial charge on any atom is 0.232 e. The first-order valence-electron chi connectivity index (χ1n) is 10.2. The second kappa shape index (κ2) is 7.89. The molecule has 1 aromatic heterocycles. The summed E-state index contributed by atoms with van der Waals surface area (Å²) < 4.78 is 13.1. The van der Waals surface area contributed by atoms with E-state index in [1.54, 1.807) is 17.0 Å². The topological polar surface area (TPSA) is 66.4 Å². The Morgan fingerprint density at radius 2 is 2.00 bits per heavy atom. The first-order valence-corrected chi connectivity index (χ1v) is 10.2. The molecular formula is C22H25FN4O2. The molecule has 0 aliphatic carbocycles. The molecule has 0 bridgehead atoms. The summed E-state index contributed by atoms with van der Waals surface area (Å²) in [5.41, 5.74) is 2.64. The van der Waals surface area contributed by atoms with Gasteiger partial charge in [-0.3, -0.25) is 14.5 Å². The minimum atomic E-state index is -0.271. The fourth-order valence-electron chi connectivity index (χ4n) is 4.21. The minimum Gasteiger partial charge on any atom is -0.332 e. The molecule has 0 saturated carbocycles. The van der Waals surface area contributed by atoms with Crippen molar-refractivity contribution < 1.29 is 14.0 Å². The van der Waals surface area contributed by atoms with Crippen molar-refractivity contribution in [3.8, 4) is 0 Å². The Morgan fingerprint density at radius 3 is 2.72 bits per heavy atom. The number of rotatable bonds is 5. The van der Waals surface area contributed by atoms with Gasteiger partial charge in [0.25, 0.3) is 0 Å². The zero-order chi connectivity index (χ0) is 20.5. The quantitative estimate of drug-likeness (QED) is 0.779. The van der Waals surface area contributed by atoms with Crippen LogP contribution in [-0.2, 0) is 22.4 Å². The van der Waals surface area contributed by atoms with Gasteiger partial charge in [0.05, 0.1) is 12.5 Å². The molecule has 3 heterocycles. The molecule has 2 aliphatic heterocycles. The largest absolute Gasteiger partial charge is 0.332 e. The van der Waals surface area contributed by atoms with Gasteiger partial charge in [-0.25, -0.2) is 14.4 Å². The Bertz CT molecular complexity index is 945. The summed E-state index contributed by atoms with van der Waals surface area (Å²) in [5, 5.41) is 0. The third kappa shape index (κ3) is 3.73. The average Bonchev–Trinajstić information content (AvgIpc) is 3.32. The van der Waals surface area contributed by atoms with E-state index in [1.165, 1.54) is 12.1 Å². The number of anilines is 1. The van der Waals surface area contributed by atoms with Crippen LogP contribution in [0.2, 0.25) is 0 Å². The van der Waals surface area contributed by atoms with E-state index in [9.17, 15) is 14.0 Å². The van der Waals surface area contributed by atoms with E-state index < -0.39 is 0 Å². The Hall–Kier alpha value is -2.83. The maximum absolute atomic E-state index is 13.1. The number of carbonyl (C=O) groups is 2. The molecule has 2 amide bonds. The summed E-state index contributed by atoms with van der Waals surface area (Å²) >= 11 is 0. The number of aromatic nitrogens is 2. The first kappa shape index (κ1) is 19.5. The van der Waals surface area contributed by atoms with Crippen LogP contribution in [0.5, 0.6) is 0 Å². The number of hydrogen-bond donors (Lipinski definition) is 0. The lowest BCUT2D eigenvalue weighted by molar-refractivity contribution is -0.131. The normalized spacial score (nSPS) is 18.4. The summed E-state index contributed by atoms with van der Waals surface area (Å²) in [6.45, 7) is 4.98. The molecule has 1 atom stereocenters. The van der Waals surface area contributed by atoms with Gasteiger partial charge in [0.1, 0.15) is 11.6 Å². The molecule has 152 valence electrons. The van der Waals surface area contributed by atoms with E-state index in [0.717, 1.165) is 36.2 Å². The number of halogens is 1. The number of amides is 2. The number of carbonyl (C=O) groups excluding carboxylic acids is 2. The molecule has 0 radical (unpaired) electrons. The lowest BCUT2D eigenvalue weighted by atomic mass is 10.1. The lowest BCUT2D eigenvalue weighted by Crippen LogP contribution is -2.32. The van der Waals surface area contributed by atoms with Crippen molar-refractivity contribution >= 4 is 17.6 Å². The molecule has 2 aliphatic rings. The Kier molecular flexibility index (Phi) is 5.30. The number of likely N-dealkylation sites (tertiary alicyclic amines) is 1. The predicted octanol–water partition coefficient (Wildman–Crippen LogP) is 3.13. The third-order valence-corrected chi connectivity index (χ3v) is 5.81. The van der Waals surface area contributed by atoms with Gasteiger partial charge in [0, 0.05) is 30.8 Å². The van der Waals surface area contributed by atoms with Gasteiger partial charge in [0.2, 0.25) is 11.8 Å². The van der Waals surface area contributed by atoms with Crippen LogP contribution in [0.4, 0.5) is 10.2 Å². The smallest absolute Gasteiger partial charge is 0.232 e. The van der Waals surface area contributed by atoms with Crippen LogP contribution in [0.1, 0.15) is 54.9 Å². The SMILES string of the molecule is CCC(=O)N1CCC[C@H]1c1nc(C)c2c(n1)N(CCc1ccc(F)cc1)C(=O)C2. The molecule has 0 spiro atoms. The van der Waals surface area contributed by atoms with Crippen molar-refractivity contribution in [1.29, 1.82) is 0 Å². The van der Waals surface area contributed by atoms with E-state index in [0.29, 0.717) is 37.4 Å². The summed E-state index contributed by atoms with van der Waals surface area (Å²) in [5.74, 6) is 1.13. The third-order valence-electron chi connectivity index (χ3n) is 5.81. The fourth-order valence-corrected chi connectivity index (χ4v) is 4.21. The summed E-state index contributed by atoms with van der Waals surface area (Å²) in [6.07, 6.45) is 3.15. The van der Waals surface area contributed by atoms with Crippen molar-refractivity contribution in [1.82, 2.24) is 14.9 Å². The minimum absolute atomic E-state index is 0.00424. The monoisotopic (exact) mass is 396 g/mol. The van der Waals surface area contributed by atoms with Crippen molar-refractivity contribution in [3.05, 3.63) is 52.7 Å². The predicted molar refractivity (Wildman–Crippen MR) is 107 cm³/mol. The number of nitrogens with zero attached hydrogens (tertiary/aromatic N) is 4.